The van der Waals surface area contributed by atoms with E-state index in [9.17, 15) is 9.59 Å². The third kappa shape index (κ3) is 3.79. The van der Waals surface area contributed by atoms with E-state index in [0.29, 0.717) is 4.88 Å². The van der Waals surface area contributed by atoms with E-state index in [1.54, 1.807) is 6.07 Å². The largest absolute Gasteiger partial charge is 0.451 e. The summed E-state index contributed by atoms with van der Waals surface area (Å²) in [5.74, 6) is -0.720. The Labute approximate surface area is 119 Å². The maximum atomic E-state index is 11.6. The second-order valence-corrected chi connectivity index (χ2v) is 6.87. The van der Waals surface area contributed by atoms with Crippen LogP contribution in [0, 0.1) is 0 Å². The Balaban J connectivity index is 1.81. The molecule has 1 aliphatic rings. The smallest absolute Gasteiger partial charge is 0.348 e. The lowest BCUT2D eigenvalue weighted by atomic mass is 10.5. The molecule has 0 unspecified atom stereocenters. The number of thiophene rings is 1. The third-order valence-corrected chi connectivity index (χ3v) is 5.36. The molecule has 1 amide bonds. The van der Waals surface area contributed by atoms with E-state index in [0.717, 1.165) is 21.1 Å². The highest BCUT2D eigenvalue weighted by atomic mass is 79.9. The van der Waals surface area contributed by atoms with Gasteiger partial charge < -0.3 is 10.1 Å². The first-order chi connectivity index (χ1) is 8.06. The van der Waals surface area contributed by atoms with Crippen molar-refractivity contribution in [2.75, 3.05) is 6.61 Å². The summed E-state index contributed by atoms with van der Waals surface area (Å²) >= 11 is 7.84. The van der Waals surface area contributed by atoms with Crippen molar-refractivity contribution in [2.24, 2.45) is 0 Å². The van der Waals surface area contributed by atoms with Crippen molar-refractivity contribution in [2.45, 2.75) is 18.9 Å². The Hall–Kier alpha value is -0.400. The molecular weight excluding hydrogens is 374 g/mol. The molecule has 0 aromatic carbocycles. The Morgan fingerprint density at radius 1 is 1.47 bits per heavy atom. The standard InChI is InChI=1S/C10H9Br2NO3S/c11-6-3-7(17-9(6)12)10(15)16-4-8(14)13-5-1-2-5/h3,5H,1-2,4H2,(H,13,14). The van der Waals surface area contributed by atoms with Gasteiger partial charge in [0.25, 0.3) is 5.91 Å². The molecule has 1 fully saturated rings. The quantitative estimate of drug-likeness (QED) is 0.814. The van der Waals surface area contributed by atoms with E-state index in [1.165, 1.54) is 11.3 Å². The highest BCUT2D eigenvalue weighted by Crippen LogP contribution is 2.32. The van der Waals surface area contributed by atoms with Crippen LogP contribution in [0.2, 0.25) is 0 Å². The summed E-state index contributed by atoms with van der Waals surface area (Å²) in [7, 11) is 0. The van der Waals surface area contributed by atoms with Crippen molar-refractivity contribution in [3.05, 3.63) is 19.2 Å². The van der Waals surface area contributed by atoms with Crippen molar-refractivity contribution in [3.8, 4) is 0 Å². The Kier molecular flexibility index (Phi) is 4.22. The van der Waals surface area contributed by atoms with Crippen LogP contribution in [-0.4, -0.2) is 24.5 Å². The lowest BCUT2D eigenvalue weighted by Crippen LogP contribution is -2.30. The van der Waals surface area contributed by atoms with Crippen LogP contribution >= 0.6 is 43.2 Å². The van der Waals surface area contributed by atoms with Crippen LogP contribution in [0.5, 0.6) is 0 Å². The van der Waals surface area contributed by atoms with Crippen molar-refractivity contribution < 1.29 is 14.3 Å². The average molecular weight is 383 g/mol. The number of rotatable bonds is 4. The molecule has 0 spiro atoms. The average Bonchev–Trinajstić information content (AvgIpc) is 3.02. The molecule has 17 heavy (non-hydrogen) atoms. The molecule has 7 heteroatoms. The SMILES string of the molecule is O=C(COC(=O)c1cc(Br)c(Br)s1)NC1CC1. The van der Waals surface area contributed by atoms with Gasteiger partial charge in [-0.25, -0.2) is 4.79 Å². The number of carbonyl (C=O) groups excluding carboxylic acids is 2. The van der Waals surface area contributed by atoms with Crippen LogP contribution in [0.25, 0.3) is 0 Å². The molecule has 1 aliphatic carbocycles. The molecule has 1 aromatic rings. The van der Waals surface area contributed by atoms with Crippen molar-refractivity contribution in [3.63, 3.8) is 0 Å². The van der Waals surface area contributed by atoms with E-state index >= 15 is 0 Å². The molecule has 2 rings (SSSR count). The number of nitrogens with one attached hydrogen (secondary N) is 1. The van der Waals surface area contributed by atoms with Gasteiger partial charge in [0.15, 0.2) is 6.61 Å². The van der Waals surface area contributed by atoms with Crippen LogP contribution in [0.4, 0.5) is 0 Å². The second-order valence-electron chi connectivity index (χ2n) is 3.65. The van der Waals surface area contributed by atoms with Crippen molar-refractivity contribution >= 4 is 55.1 Å². The van der Waals surface area contributed by atoms with Gasteiger partial charge in [0, 0.05) is 10.5 Å². The Bertz CT molecular complexity index is 437. The van der Waals surface area contributed by atoms with E-state index in [1.807, 2.05) is 0 Å². The predicted molar refractivity (Wildman–Crippen MR) is 71.2 cm³/mol. The zero-order valence-electron chi connectivity index (χ0n) is 8.66. The lowest BCUT2D eigenvalue weighted by molar-refractivity contribution is -0.124. The maximum Gasteiger partial charge on any atom is 0.348 e. The fraction of sp³-hybridized carbons (Fsp3) is 0.400. The molecular formula is C10H9Br2NO3S. The fourth-order valence-electron chi connectivity index (χ4n) is 1.15. The molecule has 0 atom stereocenters. The summed E-state index contributed by atoms with van der Waals surface area (Å²) in [5, 5.41) is 2.75. The first-order valence-corrected chi connectivity index (χ1v) is 7.38. The van der Waals surface area contributed by atoms with Crippen molar-refractivity contribution in [1.82, 2.24) is 5.32 Å². The molecule has 0 aliphatic heterocycles. The first kappa shape index (κ1) is 13.0. The van der Waals surface area contributed by atoms with Gasteiger partial charge in [-0.2, -0.15) is 0 Å². The molecule has 92 valence electrons. The summed E-state index contributed by atoms with van der Waals surface area (Å²) in [4.78, 5) is 23.3. The summed E-state index contributed by atoms with van der Waals surface area (Å²) in [6.45, 7) is -0.220. The van der Waals surface area contributed by atoms with Crippen LogP contribution < -0.4 is 5.32 Å². The normalized spacial score (nSPS) is 14.5. The van der Waals surface area contributed by atoms with Gasteiger partial charge in [-0.1, -0.05) is 0 Å². The van der Waals surface area contributed by atoms with Gasteiger partial charge in [-0.15, -0.1) is 11.3 Å². The third-order valence-electron chi connectivity index (χ3n) is 2.12. The molecule has 1 heterocycles. The van der Waals surface area contributed by atoms with Gasteiger partial charge in [0.1, 0.15) is 4.88 Å². The van der Waals surface area contributed by atoms with Gasteiger partial charge in [-0.05, 0) is 50.8 Å². The maximum absolute atomic E-state index is 11.6. The minimum absolute atomic E-state index is 0.220. The summed E-state index contributed by atoms with van der Waals surface area (Å²) in [5.41, 5.74) is 0. The second kappa shape index (κ2) is 5.49. The molecule has 0 radical (unpaired) electrons. The van der Waals surface area contributed by atoms with Crippen LogP contribution in [0.1, 0.15) is 22.5 Å². The molecule has 4 nitrogen and oxygen atoms in total. The predicted octanol–water partition coefficient (Wildman–Crippen LogP) is 2.71. The lowest BCUT2D eigenvalue weighted by Gasteiger charge is -2.03. The number of hydrogen-bond donors (Lipinski definition) is 1. The number of amides is 1. The van der Waals surface area contributed by atoms with Crippen LogP contribution in [0.15, 0.2) is 14.3 Å². The Morgan fingerprint density at radius 2 is 2.18 bits per heavy atom. The zero-order chi connectivity index (χ0) is 12.4. The van der Waals surface area contributed by atoms with Crippen LogP contribution in [0.3, 0.4) is 0 Å². The minimum atomic E-state index is -0.479. The van der Waals surface area contributed by atoms with Crippen LogP contribution in [-0.2, 0) is 9.53 Å². The van der Waals surface area contributed by atoms with Gasteiger partial charge >= 0.3 is 5.97 Å². The minimum Gasteiger partial charge on any atom is -0.451 e. The van der Waals surface area contributed by atoms with E-state index in [4.69, 9.17) is 4.74 Å². The summed E-state index contributed by atoms with van der Waals surface area (Å²) < 4.78 is 6.53. The Morgan fingerprint density at radius 3 is 2.71 bits per heavy atom. The molecule has 1 saturated carbocycles. The van der Waals surface area contributed by atoms with Gasteiger partial charge in [-0.3, -0.25) is 4.79 Å². The summed E-state index contributed by atoms with van der Waals surface area (Å²) in [6.07, 6.45) is 2.04. The molecule has 0 saturated heterocycles. The molecule has 1 aromatic heterocycles. The van der Waals surface area contributed by atoms with Gasteiger partial charge in [0.05, 0.1) is 3.79 Å². The van der Waals surface area contributed by atoms with Gasteiger partial charge in [0.2, 0.25) is 0 Å². The highest BCUT2D eigenvalue weighted by molar-refractivity contribution is 9.13. The monoisotopic (exact) mass is 381 g/mol. The first-order valence-electron chi connectivity index (χ1n) is 4.97. The topological polar surface area (TPSA) is 55.4 Å². The number of hydrogen-bond acceptors (Lipinski definition) is 4. The molecule has 1 N–H and O–H groups in total. The number of esters is 1. The van der Waals surface area contributed by atoms with E-state index < -0.39 is 5.97 Å². The fourth-order valence-corrected chi connectivity index (χ4v) is 3.08. The summed E-state index contributed by atoms with van der Waals surface area (Å²) in [6, 6.07) is 1.95. The number of ether oxygens (including phenoxy) is 1. The van der Waals surface area contributed by atoms with E-state index in [-0.39, 0.29) is 18.6 Å². The van der Waals surface area contributed by atoms with Crippen molar-refractivity contribution in [1.29, 1.82) is 0 Å². The number of halogens is 2. The highest BCUT2D eigenvalue weighted by Gasteiger charge is 2.24. The molecule has 0 bridgehead atoms. The van der Waals surface area contributed by atoms with E-state index in [2.05, 4.69) is 37.2 Å². The number of carbonyl (C=O) groups is 2. The zero-order valence-corrected chi connectivity index (χ0v) is 12.7.